The Kier molecular flexibility index (Phi) is 4.24. The zero-order valence-electron chi connectivity index (χ0n) is 12.0. The summed E-state index contributed by atoms with van der Waals surface area (Å²) in [6, 6.07) is 7.95. The molecular formula is C16H11Cl2FN2O2. The van der Waals surface area contributed by atoms with Gasteiger partial charge in [0.15, 0.2) is 0 Å². The van der Waals surface area contributed by atoms with Crippen LogP contribution in [-0.2, 0) is 16.1 Å². The van der Waals surface area contributed by atoms with Crippen molar-refractivity contribution in [2.45, 2.75) is 6.54 Å². The summed E-state index contributed by atoms with van der Waals surface area (Å²) >= 11 is 11.7. The van der Waals surface area contributed by atoms with E-state index in [2.05, 4.69) is 9.72 Å². The number of fused-ring (bicyclic) bond motifs is 1. The number of pyridine rings is 1. The Hall–Kier alpha value is -2.11. The van der Waals surface area contributed by atoms with E-state index in [9.17, 15) is 9.18 Å². The topological polar surface area (TPSA) is 44.1 Å². The van der Waals surface area contributed by atoms with E-state index in [0.717, 1.165) is 10.9 Å². The van der Waals surface area contributed by atoms with Crippen LogP contribution < -0.4 is 0 Å². The van der Waals surface area contributed by atoms with Crippen LogP contribution in [0, 0.1) is 5.82 Å². The van der Waals surface area contributed by atoms with Gasteiger partial charge in [0.25, 0.3) is 0 Å². The first-order valence-electron chi connectivity index (χ1n) is 6.67. The van der Waals surface area contributed by atoms with Crippen LogP contribution in [0.15, 0.2) is 36.5 Å². The van der Waals surface area contributed by atoms with Gasteiger partial charge in [-0.1, -0.05) is 29.3 Å². The van der Waals surface area contributed by atoms with E-state index in [-0.39, 0.29) is 11.6 Å². The molecule has 0 spiro atoms. The molecule has 3 rings (SSSR count). The van der Waals surface area contributed by atoms with Crippen LogP contribution >= 0.6 is 23.2 Å². The van der Waals surface area contributed by atoms with Crippen LogP contribution in [0.3, 0.4) is 0 Å². The molecule has 7 heteroatoms. The highest BCUT2D eigenvalue weighted by Crippen LogP contribution is 2.32. The Balaban J connectivity index is 2.20. The lowest BCUT2D eigenvalue weighted by atomic mass is 10.1. The molecule has 3 aromatic rings. The van der Waals surface area contributed by atoms with E-state index in [4.69, 9.17) is 23.2 Å². The second-order valence-electron chi connectivity index (χ2n) is 4.88. The Morgan fingerprint density at radius 3 is 2.78 bits per heavy atom. The fourth-order valence-electron chi connectivity index (χ4n) is 2.36. The fourth-order valence-corrected chi connectivity index (χ4v) is 2.62. The molecule has 0 saturated carbocycles. The number of rotatable bonds is 3. The number of ether oxygens (including phenoxy) is 1. The molecule has 0 N–H and O–H groups in total. The summed E-state index contributed by atoms with van der Waals surface area (Å²) in [7, 11) is 1.31. The van der Waals surface area contributed by atoms with Crippen molar-refractivity contribution in [1.29, 1.82) is 0 Å². The molecule has 4 nitrogen and oxygen atoms in total. The highest BCUT2D eigenvalue weighted by atomic mass is 35.5. The van der Waals surface area contributed by atoms with Crippen molar-refractivity contribution in [1.82, 2.24) is 9.55 Å². The van der Waals surface area contributed by atoms with Gasteiger partial charge in [-0.3, -0.25) is 4.79 Å². The highest BCUT2D eigenvalue weighted by Gasteiger charge is 2.15. The monoisotopic (exact) mass is 352 g/mol. The van der Waals surface area contributed by atoms with Gasteiger partial charge >= 0.3 is 5.97 Å². The van der Waals surface area contributed by atoms with E-state index in [1.807, 2.05) is 0 Å². The van der Waals surface area contributed by atoms with Gasteiger partial charge in [0, 0.05) is 17.1 Å². The smallest absolute Gasteiger partial charge is 0.325 e. The minimum atomic E-state index is -0.514. The van der Waals surface area contributed by atoms with Crippen LogP contribution in [0.1, 0.15) is 0 Å². The average Bonchev–Trinajstić information content (AvgIpc) is 2.88. The number of halogens is 3. The Bertz CT molecular complexity index is 908. The van der Waals surface area contributed by atoms with Crippen molar-refractivity contribution in [3.05, 3.63) is 52.5 Å². The zero-order valence-corrected chi connectivity index (χ0v) is 13.5. The minimum absolute atomic E-state index is 0.0174. The van der Waals surface area contributed by atoms with Crippen molar-refractivity contribution in [2.24, 2.45) is 0 Å². The van der Waals surface area contributed by atoms with Crippen LogP contribution in [0.5, 0.6) is 0 Å². The third-order valence-corrected chi connectivity index (χ3v) is 3.96. The standard InChI is InChI=1S/C16H11Cl2FN2O2/c1-23-15(22)8-21-7-11(9-2-4-12(17)13(19)6-9)10-3-5-14(18)20-16(10)21/h2-7H,8H2,1H3. The second kappa shape index (κ2) is 6.18. The summed E-state index contributed by atoms with van der Waals surface area (Å²) in [5.74, 6) is -0.933. The number of benzene rings is 1. The van der Waals surface area contributed by atoms with E-state index < -0.39 is 11.8 Å². The molecule has 0 aliphatic rings. The normalized spacial score (nSPS) is 11.0. The Morgan fingerprint density at radius 1 is 1.30 bits per heavy atom. The van der Waals surface area contributed by atoms with Crippen molar-refractivity contribution < 1.29 is 13.9 Å². The van der Waals surface area contributed by atoms with Crippen molar-refractivity contribution in [2.75, 3.05) is 7.11 Å². The highest BCUT2D eigenvalue weighted by molar-refractivity contribution is 6.31. The molecule has 0 amide bonds. The molecule has 1 aromatic carbocycles. The van der Waals surface area contributed by atoms with Gasteiger partial charge in [-0.25, -0.2) is 9.37 Å². The maximum Gasteiger partial charge on any atom is 0.325 e. The second-order valence-corrected chi connectivity index (χ2v) is 5.68. The Labute approximate surface area is 141 Å². The molecule has 0 bridgehead atoms. The van der Waals surface area contributed by atoms with Crippen LogP contribution in [-0.4, -0.2) is 22.6 Å². The number of aromatic nitrogens is 2. The zero-order chi connectivity index (χ0) is 16.6. The lowest BCUT2D eigenvalue weighted by Gasteiger charge is -2.02. The third kappa shape index (κ3) is 3.02. The summed E-state index contributed by atoms with van der Waals surface area (Å²) in [5.41, 5.74) is 1.88. The maximum atomic E-state index is 13.8. The predicted octanol–water partition coefficient (Wildman–Crippen LogP) is 4.32. The fraction of sp³-hybridized carbons (Fsp3) is 0.125. The van der Waals surface area contributed by atoms with Crippen molar-refractivity contribution in [3.63, 3.8) is 0 Å². The van der Waals surface area contributed by atoms with Gasteiger partial charge in [0.1, 0.15) is 23.2 Å². The first-order valence-corrected chi connectivity index (χ1v) is 7.43. The lowest BCUT2D eigenvalue weighted by molar-refractivity contribution is -0.141. The number of methoxy groups -OCH3 is 1. The van der Waals surface area contributed by atoms with Crippen molar-refractivity contribution in [3.8, 4) is 11.1 Å². The largest absolute Gasteiger partial charge is 0.468 e. The molecule has 0 aliphatic carbocycles. The summed E-state index contributed by atoms with van der Waals surface area (Å²) in [5, 5.41) is 1.10. The molecule has 0 fully saturated rings. The number of carbonyl (C=O) groups excluding carboxylic acids is 1. The summed E-state index contributed by atoms with van der Waals surface area (Å²) in [6.45, 7) is -0.0174. The number of nitrogens with zero attached hydrogens (tertiary/aromatic N) is 2. The van der Waals surface area contributed by atoms with Gasteiger partial charge in [-0.2, -0.15) is 0 Å². The molecule has 23 heavy (non-hydrogen) atoms. The molecule has 0 aliphatic heterocycles. The minimum Gasteiger partial charge on any atom is -0.468 e. The third-order valence-electron chi connectivity index (χ3n) is 3.45. The molecule has 0 unspecified atom stereocenters. The molecule has 0 atom stereocenters. The van der Waals surface area contributed by atoms with Crippen LogP contribution in [0.25, 0.3) is 22.2 Å². The molecule has 2 aromatic heterocycles. The SMILES string of the molecule is COC(=O)Cn1cc(-c2ccc(Cl)c(F)c2)c2ccc(Cl)nc21. The molecule has 2 heterocycles. The Morgan fingerprint density at radius 2 is 2.09 bits per heavy atom. The number of carbonyl (C=O) groups is 1. The van der Waals surface area contributed by atoms with Crippen LogP contribution in [0.4, 0.5) is 4.39 Å². The number of hydrogen-bond donors (Lipinski definition) is 0. The summed E-state index contributed by atoms with van der Waals surface area (Å²) < 4.78 is 20.1. The molecule has 0 radical (unpaired) electrons. The average molecular weight is 353 g/mol. The van der Waals surface area contributed by atoms with Gasteiger partial charge in [0.2, 0.25) is 0 Å². The summed E-state index contributed by atoms with van der Waals surface area (Å²) in [4.78, 5) is 15.8. The maximum absolute atomic E-state index is 13.8. The summed E-state index contributed by atoms with van der Waals surface area (Å²) in [6.07, 6.45) is 1.72. The van der Waals surface area contributed by atoms with E-state index in [0.29, 0.717) is 16.4 Å². The van der Waals surface area contributed by atoms with Gasteiger partial charge in [-0.05, 0) is 29.8 Å². The van der Waals surface area contributed by atoms with E-state index in [1.54, 1.807) is 29.0 Å². The van der Waals surface area contributed by atoms with E-state index >= 15 is 0 Å². The molecule has 0 saturated heterocycles. The predicted molar refractivity (Wildman–Crippen MR) is 87.2 cm³/mol. The number of esters is 1. The van der Waals surface area contributed by atoms with Gasteiger partial charge in [-0.15, -0.1) is 0 Å². The van der Waals surface area contributed by atoms with E-state index in [1.165, 1.54) is 19.2 Å². The first-order chi connectivity index (χ1) is 11.0. The number of hydrogen-bond acceptors (Lipinski definition) is 3. The molecule has 118 valence electrons. The molecular weight excluding hydrogens is 342 g/mol. The van der Waals surface area contributed by atoms with Crippen molar-refractivity contribution >= 4 is 40.2 Å². The lowest BCUT2D eigenvalue weighted by Crippen LogP contribution is -2.10. The van der Waals surface area contributed by atoms with Gasteiger partial charge < -0.3 is 9.30 Å². The first kappa shape index (κ1) is 15.8. The van der Waals surface area contributed by atoms with Gasteiger partial charge in [0.05, 0.1) is 12.1 Å². The quantitative estimate of drug-likeness (QED) is 0.520. The van der Waals surface area contributed by atoms with Crippen LogP contribution in [0.2, 0.25) is 10.2 Å².